The molecule has 100 valence electrons. The van der Waals surface area contributed by atoms with Gasteiger partial charge in [0.1, 0.15) is 11.4 Å². The molecule has 2 N–H and O–H groups in total. The standard InChI is InChI=1S/C14H21NO3/c1-14(2,3)18-11-7-5-10(6-8-11)12(15)9-13(16)17-4/h5-8,12H,9,15H2,1-4H3/t12-/m0/s1. The minimum Gasteiger partial charge on any atom is -0.488 e. The maximum atomic E-state index is 11.1. The molecule has 1 atom stereocenters. The number of carbonyl (C=O) groups excluding carboxylic acids is 1. The van der Waals surface area contributed by atoms with Gasteiger partial charge in [-0.2, -0.15) is 0 Å². The Morgan fingerprint density at radius 2 is 1.83 bits per heavy atom. The highest BCUT2D eigenvalue weighted by Gasteiger charge is 2.14. The van der Waals surface area contributed by atoms with E-state index in [0.717, 1.165) is 11.3 Å². The largest absolute Gasteiger partial charge is 0.488 e. The number of nitrogens with two attached hydrogens (primary N) is 1. The zero-order valence-corrected chi connectivity index (χ0v) is 11.4. The fourth-order valence-corrected chi connectivity index (χ4v) is 1.52. The summed E-state index contributed by atoms with van der Waals surface area (Å²) in [4.78, 5) is 11.1. The molecule has 0 fully saturated rings. The van der Waals surface area contributed by atoms with E-state index in [-0.39, 0.29) is 24.0 Å². The molecule has 0 aliphatic carbocycles. The highest BCUT2D eigenvalue weighted by atomic mass is 16.5. The maximum absolute atomic E-state index is 11.1. The smallest absolute Gasteiger partial charge is 0.307 e. The highest BCUT2D eigenvalue weighted by Crippen LogP contribution is 2.21. The summed E-state index contributed by atoms with van der Waals surface area (Å²) in [6.07, 6.45) is 0.177. The van der Waals surface area contributed by atoms with E-state index in [2.05, 4.69) is 4.74 Å². The zero-order chi connectivity index (χ0) is 13.8. The normalized spacial score (nSPS) is 12.9. The van der Waals surface area contributed by atoms with Crippen molar-refractivity contribution in [1.29, 1.82) is 0 Å². The summed E-state index contributed by atoms with van der Waals surface area (Å²) in [7, 11) is 1.36. The van der Waals surface area contributed by atoms with Crippen molar-refractivity contribution >= 4 is 5.97 Å². The molecule has 0 bridgehead atoms. The molecule has 1 aromatic carbocycles. The first-order valence-electron chi connectivity index (χ1n) is 5.93. The van der Waals surface area contributed by atoms with Crippen molar-refractivity contribution in [3.05, 3.63) is 29.8 Å². The van der Waals surface area contributed by atoms with E-state index in [9.17, 15) is 4.79 Å². The number of hydrogen-bond acceptors (Lipinski definition) is 4. The lowest BCUT2D eigenvalue weighted by atomic mass is 10.0. The Kier molecular flexibility index (Phi) is 4.73. The summed E-state index contributed by atoms with van der Waals surface area (Å²) in [6, 6.07) is 7.11. The molecule has 0 saturated heterocycles. The van der Waals surface area contributed by atoms with Gasteiger partial charge >= 0.3 is 5.97 Å². The van der Waals surface area contributed by atoms with E-state index >= 15 is 0 Å². The SMILES string of the molecule is COC(=O)C[C@H](N)c1ccc(OC(C)(C)C)cc1. The molecule has 0 heterocycles. The first-order chi connectivity index (χ1) is 8.31. The first-order valence-corrected chi connectivity index (χ1v) is 5.93. The molecule has 0 unspecified atom stereocenters. The predicted octanol–water partition coefficient (Wildman–Crippen LogP) is 2.43. The average molecular weight is 251 g/mol. The van der Waals surface area contributed by atoms with Gasteiger partial charge in [0.25, 0.3) is 0 Å². The van der Waals surface area contributed by atoms with Crippen LogP contribution >= 0.6 is 0 Å². The third-order valence-electron chi connectivity index (χ3n) is 2.35. The van der Waals surface area contributed by atoms with E-state index in [4.69, 9.17) is 10.5 Å². The summed E-state index contributed by atoms with van der Waals surface area (Å²) in [5, 5.41) is 0. The third kappa shape index (κ3) is 4.75. The van der Waals surface area contributed by atoms with Gasteiger partial charge in [0.05, 0.1) is 13.5 Å². The molecule has 0 aliphatic rings. The van der Waals surface area contributed by atoms with Crippen molar-refractivity contribution in [3.63, 3.8) is 0 Å². The van der Waals surface area contributed by atoms with Crippen molar-refractivity contribution in [2.45, 2.75) is 38.8 Å². The second kappa shape index (κ2) is 5.87. The van der Waals surface area contributed by atoms with Crippen molar-refractivity contribution in [1.82, 2.24) is 0 Å². The van der Waals surface area contributed by atoms with Crippen LogP contribution in [0.25, 0.3) is 0 Å². The fraction of sp³-hybridized carbons (Fsp3) is 0.500. The van der Waals surface area contributed by atoms with E-state index in [0.29, 0.717) is 0 Å². The minimum absolute atomic E-state index is 0.177. The number of methoxy groups -OCH3 is 1. The summed E-state index contributed by atoms with van der Waals surface area (Å²) in [5.74, 6) is 0.481. The second-order valence-electron chi connectivity index (χ2n) is 5.17. The molecule has 1 rings (SSSR count). The molecular weight excluding hydrogens is 230 g/mol. The molecule has 0 amide bonds. The van der Waals surface area contributed by atoms with Crippen LogP contribution in [0.2, 0.25) is 0 Å². The van der Waals surface area contributed by atoms with Crippen LogP contribution < -0.4 is 10.5 Å². The van der Waals surface area contributed by atoms with Gasteiger partial charge in [-0.05, 0) is 38.5 Å². The van der Waals surface area contributed by atoms with Gasteiger partial charge < -0.3 is 15.2 Å². The van der Waals surface area contributed by atoms with E-state index in [1.165, 1.54) is 7.11 Å². The predicted molar refractivity (Wildman–Crippen MR) is 70.4 cm³/mol. The Balaban J connectivity index is 2.67. The fourth-order valence-electron chi connectivity index (χ4n) is 1.52. The van der Waals surface area contributed by atoms with Gasteiger partial charge in [-0.1, -0.05) is 12.1 Å². The van der Waals surface area contributed by atoms with Gasteiger partial charge in [-0.3, -0.25) is 4.79 Å². The van der Waals surface area contributed by atoms with Crippen LogP contribution in [0.5, 0.6) is 5.75 Å². The lowest BCUT2D eigenvalue weighted by Crippen LogP contribution is -2.23. The zero-order valence-electron chi connectivity index (χ0n) is 11.4. The monoisotopic (exact) mass is 251 g/mol. The van der Waals surface area contributed by atoms with Gasteiger partial charge in [-0.25, -0.2) is 0 Å². The van der Waals surface area contributed by atoms with Crippen LogP contribution in [-0.2, 0) is 9.53 Å². The second-order valence-corrected chi connectivity index (χ2v) is 5.17. The molecule has 0 aromatic heterocycles. The van der Waals surface area contributed by atoms with Gasteiger partial charge in [0.15, 0.2) is 0 Å². The number of hydrogen-bond donors (Lipinski definition) is 1. The summed E-state index contributed by atoms with van der Waals surface area (Å²) in [5.41, 5.74) is 6.57. The number of benzene rings is 1. The Morgan fingerprint density at radius 1 is 1.28 bits per heavy atom. The average Bonchev–Trinajstić information content (AvgIpc) is 2.27. The molecule has 1 aromatic rings. The quantitative estimate of drug-likeness (QED) is 0.835. The number of esters is 1. The van der Waals surface area contributed by atoms with Crippen LogP contribution in [0.15, 0.2) is 24.3 Å². The molecule has 0 saturated carbocycles. The molecule has 0 spiro atoms. The molecular formula is C14H21NO3. The van der Waals surface area contributed by atoms with Crippen LogP contribution in [-0.4, -0.2) is 18.7 Å². The number of ether oxygens (including phenoxy) is 2. The Morgan fingerprint density at radius 3 is 2.28 bits per heavy atom. The maximum Gasteiger partial charge on any atom is 0.307 e. The van der Waals surface area contributed by atoms with Crippen molar-refractivity contribution in [2.75, 3.05) is 7.11 Å². The van der Waals surface area contributed by atoms with Crippen LogP contribution in [0.3, 0.4) is 0 Å². The Bertz CT molecular complexity index is 392. The lowest BCUT2D eigenvalue weighted by molar-refractivity contribution is -0.141. The molecule has 0 radical (unpaired) electrons. The van der Waals surface area contributed by atoms with Crippen molar-refractivity contribution in [3.8, 4) is 5.75 Å². The number of carbonyl (C=O) groups is 1. The van der Waals surface area contributed by atoms with Crippen molar-refractivity contribution in [2.24, 2.45) is 5.73 Å². The summed E-state index contributed by atoms with van der Waals surface area (Å²) < 4.78 is 10.3. The third-order valence-corrected chi connectivity index (χ3v) is 2.35. The van der Waals surface area contributed by atoms with Gasteiger partial charge in [0.2, 0.25) is 0 Å². The minimum atomic E-state index is -0.346. The summed E-state index contributed by atoms with van der Waals surface area (Å²) in [6.45, 7) is 5.97. The Labute approximate surface area is 108 Å². The lowest BCUT2D eigenvalue weighted by Gasteiger charge is -2.21. The molecule has 4 nitrogen and oxygen atoms in total. The van der Waals surface area contributed by atoms with E-state index in [1.54, 1.807) is 0 Å². The van der Waals surface area contributed by atoms with E-state index in [1.807, 2.05) is 45.0 Å². The van der Waals surface area contributed by atoms with Crippen LogP contribution in [0.4, 0.5) is 0 Å². The van der Waals surface area contributed by atoms with Crippen LogP contribution in [0, 0.1) is 0 Å². The van der Waals surface area contributed by atoms with E-state index < -0.39 is 0 Å². The van der Waals surface area contributed by atoms with Gasteiger partial charge in [-0.15, -0.1) is 0 Å². The Hall–Kier alpha value is -1.55. The first kappa shape index (κ1) is 14.5. The highest BCUT2D eigenvalue weighted by molar-refractivity contribution is 5.70. The molecule has 4 heteroatoms. The van der Waals surface area contributed by atoms with Crippen molar-refractivity contribution < 1.29 is 14.3 Å². The topological polar surface area (TPSA) is 61.5 Å². The van der Waals surface area contributed by atoms with Crippen LogP contribution in [0.1, 0.15) is 38.8 Å². The van der Waals surface area contributed by atoms with Gasteiger partial charge in [0, 0.05) is 6.04 Å². The molecule has 18 heavy (non-hydrogen) atoms. The molecule has 0 aliphatic heterocycles. The summed E-state index contributed by atoms with van der Waals surface area (Å²) >= 11 is 0. The number of rotatable bonds is 4.